The molecule has 0 aromatic heterocycles. The molecular formula is C13H19ClN2O. The number of anilines is 1. The molecule has 0 radical (unpaired) electrons. The summed E-state index contributed by atoms with van der Waals surface area (Å²) >= 11 is 6.26. The van der Waals surface area contributed by atoms with Gasteiger partial charge in [-0.1, -0.05) is 17.7 Å². The molecule has 1 aromatic carbocycles. The Balaban J connectivity index is 2.17. The van der Waals surface area contributed by atoms with Crippen LogP contribution in [0.15, 0.2) is 18.2 Å². The van der Waals surface area contributed by atoms with E-state index in [0.717, 1.165) is 35.9 Å². The molecule has 2 rings (SSSR count). The maximum atomic E-state index is 9.06. The number of aliphatic hydroxyl groups excluding tert-OH is 1. The van der Waals surface area contributed by atoms with Gasteiger partial charge in [0, 0.05) is 25.7 Å². The summed E-state index contributed by atoms with van der Waals surface area (Å²) in [6.07, 6.45) is 0. The van der Waals surface area contributed by atoms with Gasteiger partial charge in [-0.05, 0) is 31.7 Å². The maximum absolute atomic E-state index is 9.06. The van der Waals surface area contributed by atoms with Crippen LogP contribution in [0.5, 0.6) is 0 Å². The van der Waals surface area contributed by atoms with Crippen molar-refractivity contribution in [3.05, 3.63) is 28.8 Å². The van der Waals surface area contributed by atoms with Crippen LogP contribution in [0.25, 0.3) is 0 Å². The van der Waals surface area contributed by atoms with Crippen molar-refractivity contribution in [2.24, 2.45) is 0 Å². The Morgan fingerprint density at radius 2 is 2.18 bits per heavy atom. The van der Waals surface area contributed by atoms with E-state index in [2.05, 4.69) is 23.8 Å². The van der Waals surface area contributed by atoms with Gasteiger partial charge in [0.15, 0.2) is 0 Å². The Labute approximate surface area is 108 Å². The van der Waals surface area contributed by atoms with E-state index in [-0.39, 0.29) is 6.61 Å². The normalized spacial score (nSPS) is 21.9. The number of nitrogens with zero attached hydrogens (tertiary/aromatic N) is 2. The molecule has 1 atom stereocenters. The SMILES string of the molecule is CC1CN(c2ccc(CO)cc2Cl)CCN1C. The van der Waals surface area contributed by atoms with Gasteiger partial charge in [-0.15, -0.1) is 0 Å². The number of hydrogen-bond donors (Lipinski definition) is 1. The smallest absolute Gasteiger partial charge is 0.0682 e. The van der Waals surface area contributed by atoms with E-state index in [4.69, 9.17) is 16.7 Å². The third-order valence-electron chi connectivity index (χ3n) is 3.50. The third-order valence-corrected chi connectivity index (χ3v) is 3.80. The lowest BCUT2D eigenvalue weighted by Gasteiger charge is -2.39. The van der Waals surface area contributed by atoms with Crippen molar-refractivity contribution >= 4 is 17.3 Å². The van der Waals surface area contributed by atoms with E-state index in [0.29, 0.717) is 6.04 Å². The van der Waals surface area contributed by atoms with Gasteiger partial charge in [0.25, 0.3) is 0 Å². The largest absolute Gasteiger partial charge is 0.392 e. The van der Waals surface area contributed by atoms with E-state index in [9.17, 15) is 0 Å². The molecule has 1 aliphatic rings. The molecule has 0 amide bonds. The fraction of sp³-hybridized carbons (Fsp3) is 0.538. The summed E-state index contributed by atoms with van der Waals surface area (Å²) in [5.74, 6) is 0. The highest BCUT2D eigenvalue weighted by Gasteiger charge is 2.22. The Morgan fingerprint density at radius 1 is 1.41 bits per heavy atom. The zero-order chi connectivity index (χ0) is 12.4. The first kappa shape index (κ1) is 12.7. The Kier molecular flexibility index (Phi) is 3.92. The highest BCUT2D eigenvalue weighted by Crippen LogP contribution is 2.28. The van der Waals surface area contributed by atoms with Crippen LogP contribution in [0.3, 0.4) is 0 Å². The molecule has 0 saturated carbocycles. The zero-order valence-corrected chi connectivity index (χ0v) is 11.1. The fourth-order valence-electron chi connectivity index (χ4n) is 2.17. The molecule has 4 heteroatoms. The van der Waals surface area contributed by atoms with E-state index in [1.54, 1.807) is 0 Å². The van der Waals surface area contributed by atoms with E-state index in [1.807, 2.05) is 18.2 Å². The van der Waals surface area contributed by atoms with Gasteiger partial charge in [-0.2, -0.15) is 0 Å². The molecule has 1 aliphatic heterocycles. The first-order chi connectivity index (χ1) is 8.11. The Hall–Kier alpha value is -0.770. The second-order valence-corrected chi connectivity index (χ2v) is 5.13. The van der Waals surface area contributed by atoms with Crippen molar-refractivity contribution in [3.63, 3.8) is 0 Å². The number of piperazine rings is 1. The molecule has 1 saturated heterocycles. The number of hydrogen-bond acceptors (Lipinski definition) is 3. The van der Waals surface area contributed by atoms with Crippen molar-refractivity contribution in [2.45, 2.75) is 19.6 Å². The van der Waals surface area contributed by atoms with Crippen molar-refractivity contribution in [2.75, 3.05) is 31.6 Å². The summed E-state index contributed by atoms with van der Waals surface area (Å²) in [5, 5.41) is 9.79. The minimum Gasteiger partial charge on any atom is -0.392 e. The molecule has 3 nitrogen and oxygen atoms in total. The topological polar surface area (TPSA) is 26.7 Å². The number of likely N-dealkylation sites (N-methyl/N-ethyl adjacent to an activating group) is 1. The summed E-state index contributed by atoms with van der Waals surface area (Å²) in [6.45, 7) is 5.31. The monoisotopic (exact) mass is 254 g/mol. The number of rotatable bonds is 2. The molecule has 1 heterocycles. The van der Waals surface area contributed by atoms with Crippen LogP contribution >= 0.6 is 11.6 Å². The first-order valence-electron chi connectivity index (χ1n) is 5.96. The number of benzene rings is 1. The molecule has 1 aromatic rings. The molecule has 1 unspecified atom stereocenters. The van der Waals surface area contributed by atoms with E-state index in [1.165, 1.54) is 0 Å². The molecule has 94 valence electrons. The van der Waals surface area contributed by atoms with E-state index >= 15 is 0 Å². The predicted molar refractivity (Wildman–Crippen MR) is 71.7 cm³/mol. The highest BCUT2D eigenvalue weighted by molar-refractivity contribution is 6.33. The minimum atomic E-state index is 0.0408. The Bertz CT molecular complexity index is 397. The van der Waals surface area contributed by atoms with Crippen LogP contribution in [0.2, 0.25) is 5.02 Å². The van der Waals surface area contributed by atoms with Gasteiger partial charge in [-0.25, -0.2) is 0 Å². The summed E-state index contributed by atoms with van der Waals surface area (Å²) in [7, 11) is 2.15. The van der Waals surface area contributed by atoms with Gasteiger partial charge in [-0.3, -0.25) is 0 Å². The second-order valence-electron chi connectivity index (χ2n) is 4.72. The molecule has 0 aliphatic carbocycles. The molecule has 0 spiro atoms. The van der Waals surface area contributed by atoms with Gasteiger partial charge in [0.1, 0.15) is 0 Å². The third kappa shape index (κ3) is 2.73. The number of halogens is 1. The maximum Gasteiger partial charge on any atom is 0.0682 e. The fourth-order valence-corrected chi connectivity index (χ4v) is 2.50. The first-order valence-corrected chi connectivity index (χ1v) is 6.34. The zero-order valence-electron chi connectivity index (χ0n) is 10.4. The van der Waals surface area contributed by atoms with Crippen LogP contribution in [0.1, 0.15) is 12.5 Å². The van der Waals surface area contributed by atoms with Gasteiger partial charge < -0.3 is 14.9 Å². The lowest BCUT2D eigenvalue weighted by atomic mass is 10.1. The quantitative estimate of drug-likeness (QED) is 0.874. The van der Waals surface area contributed by atoms with Crippen LogP contribution in [0, 0.1) is 0 Å². The molecule has 1 N–H and O–H groups in total. The van der Waals surface area contributed by atoms with Crippen molar-refractivity contribution in [1.82, 2.24) is 4.90 Å². The van der Waals surface area contributed by atoms with Crippen LogP contribution in [-0.2, 0) is 6.61 Å². The van der Waals surface area contributed by atoms with Crippen LogP contribution in [0.4, 0.5) is 5.69 Å². The van der Waals surface area contributed by atoms with Crippen LogP contribution < -0.4 is 4.90 Å². The van der Waals surface area contributed by atoms with Gasteiger partial charge in [0.05, 0.1) is 17.3 Å². The highest BCUT2D eigenvalue weighted by atomic mass is 35.5. The standard InChI is InChI=1S/C13H19ClN2O/c1-10-8-16(6-5-15(10)2)13-4-3-11(9-17)7-12(13)14/h3-4,7,10,17H,5-6,8-9H2,1-2H3. The van der Waals surface area contributed by atoms with Crippen molar-refractivity contribution < 1.29 is 5.11 Å². The predicted octanol–water partition coefficient (Wildman–Crippen LogP) is 1.97. The number of aliphatic hydroxyl groups is 1. The minimum absolute atomic E-state index is 0.0408. The molecule has 1 fully saturated rings. The van der Waals surface area contributed by atoms with Gasteiger partial charge >= 0.3 is 0 Å². The average molecular weight is 255 g/mol. The summed E-state index contributed by atoms with van der Waals surface area (Å²) in [6, 6.07) is 6.33. The lowest BCUT2D eigenvalue weighted by molar-refractivity contribution is 0.234. The van der Waals surface area contributed by atoms with Crippen LogP contribution in [-0.4, -0.2) is 42.7 Å². The summed E-state index contributed by atoms with van der Waals surface area (Å²) < 4.78 is 0. The molecule has 0 bridgehead atoms. The van der Waals surface area contributed by atoms with E-state index < -0.39 is 0 Å². The lowest BCUT2D eigenvalue weighted by Crippen LogP contribution is -2.50. The van der Waals surface area contributed by atoms with Crippen molar-refractivity contribution in [1.29, 1.82) is 0 Å². The van der Waals surface area contributed by atoms with Gasteiger partial charge in [0.2, 0.25) is 0 Å². The molecular weight excluding hydrogens is 236 g/mol. The second kappa shape index (κ2) is 5.25. The average Bonchev–Trinajstić information content (AvgIpc) is 2.32. The molecule has 17 heavy (non-hydrogen) atoms. The van der Waals surface area contributed by atoms with Crippen molar-refractivity contribution in [3.8, 4) is 0 Å². The summed E-state index contributed by atoms with van der Waals surface area (Å²) in [5.41, 5.74) is 1.93. The summed E-state index contributed by atoms with van der Waals surface area (Å²) in [4.78, 5) is 4.67. The Morgan fingerprint density at radius 3 is 2.76 bits per heavy atom.